The Hall–Kier alpha value is -5.31. The molecule has 15 heteroatoms. The summed E-state index contributed by atoms with van der Waals surface area (Å²) < 4.78 is 5.78. The van der Waals surface area contributed by atoms with E-state index < -0.39 is 89.8 Å². The first-order valence-electron chi connectivity index (χ1n) is 18.4. The summed E-state index contributed by atoms with van der Waals surface area (Å²) in [6.07, 6.45) is 6.37. The molecule has 0 radical (unpaired) electrons. The van der Waals surface area contributed by atoms with Crippen LogP contribution in [0.2, 0.25) is 0 Å². The van der Waals surface area contributed by atoms with Crippen LogP contribution in [0.1, 0.15) is 66.9 Å². The molecule has 1 fully saturated rings. The molecular formula is C40H57N5O10. The van der Waals surface area contributed by atoms with Crippen molar-refractivity contribution in [3.05, 3.63) is 71.5 Å². The Bertz CT molecular complexity index is 1640. The molecule has 55 heavy (non-hydrogen) atoms. The first-order valence-corrected chi connectivity index (χ1v) is 18.4. The van der Waals surface area contributed by atoms with Gasteiger partial charge in [-0.3, -0.25) is 24.0 Å². The molecule has 1 aliphatic heterocycles. The van der Waals surface area contributed by atoms with Crippen LogP contribution in [0.4, 0.5) is 0 Å². The van der Waals surface area contributed by atoms with E-state index in [2.05, 4.69) is 21.3 Å². The lowest BCUT2D eigenvalue weighted by Gasteiger charge is -2.29. The molecular weight excluding hydrogens is 710 g/mol. The molecule has 0 unspecified atom stereocenters. The maximum absolute atomic E-state index is 13.9. The molecule has 0 aliphatic carbocycles. The Morgan fingerprint density at radius 1 is 0.909 bits per heavy atom. The van der Waals surface area contributed by atoms with Gasteiger partial charge >= 0.3 is 11.9 Å². The van der Waals surface area contributed by atoms with Gasteiger partial charge in [-0.2, -0.15) is 0 Å². The Morgan fingerprint density at radius 3 is 2.07 bits per heavy atom. The predicted molar refractivity (Wildman–Crippen MR) is 205 cm³/mol. The molecule has 0 spiro atoms. The number of carbonyl (C=O) groups is 7. The summed E-state index contributed by atoms with van der Waals surface area (Å²) in [5.41, 5.74) is 1.66. The molecule has 0 aromatic heterocycles. The fraction of sp³-hybridized carbons (Fsp3) is 0.525. The summed E-state index contributed by atoms with van der Waals surface area (Å²) in [6.45, 7) is 11.4. The number of aliphatic carboxylic acids is 2. The number of amides is 5. The van der Waals surface area contributed by atoms with E-state index in [1.165, 1.54) is 33.9 Å². The number of nitrogens with one attached hydrogen (secondary N) is 4. The second kappa shape index (κ2) is 21.5. The quantitative estimate of drug-likeness (QED) is 0.151. The van der Waals surface area contributed by atoms with Gasteiger partial charge in [0, 0.05) is 26.5 Å². The minimum Gasteiger partial charge on any atom is -0.480 e. The molecule has 1 aromatic carbocycles. The molecule has 302 valence electrons. The first-order chi connectivity index (χ1) is 25.8. The monoisotopic (exact) mass is 767 g/mol. The van der Waals surface area contributed by atoms with Gasteiger partial charge in [0.25, 0.3) is 5.91 Å². The minimum absolute atomic E-state index is 0.0384. The Kier molecular flexibility index (Phi) is 18.0. The number of hydrogen-bond acceptors (Lipinski definition) is 8. The highest BCUT2D eigenvalue weighted by Gasteiger charge is 2.37. The molecule has 0 saturated carbocycles. The number of methoxy groups -OCH3 is 1. The maximum atomic E-state index is 13.9. The number of likely N-dealkylation sites (N-methyl/N-ethyl adjacent to an activating group) is 1. The molecule has 15 nitrogen and oxygen atoms in total. The molecule has 1 saturated heterocycles. The smallest absolute Gasteiger partial charge is 0.327 e. The van der Waals surface area contributed by atoms with Crippen LogP contribution >= 0.6 is 0 Å². The van der Waals surface area contributed by atoms with Gasteiger partial charge < -0.3 is 41.1 Å². The van der Waals surface area contributed by atoms with Gasteiger partial charge in [-0.15, -0.1) is 0 Å². The van der Waals surface area contributed by atoms with Gasteiger partial charge in [0.2, 0.25) is 23.6 Å². The zero-order valence-electron chi connectivity index (χ0n) is 33.1. The zero-order valence-corrected chi connectivity index (χ0v) is 33.1. The molecule has 6 N–H and O–H groups in total. The molecule has 0 bridgehead atoms. The van der Waals surface area contributed by atoms with E-state index in [9.17, 15) is 43.8 Å². The van der Waals surface area contributed by atoms with Crippen molar-refractivity contribution in [2.45, 2.75) is 98.0 Å². The summed E-state index contributed by atoms with van der Waals surface area (Å²) in [5.74, 6) is -9.82. The summed E-state index contributed by atoms with van der Waals surface area (Å²) in [4.78, 5) is 92.8. The standard InChI is InChI=1S/C40H57N5O10/c1-10-30-37(49)44-34(40(53)54)26(7)36(48)43-33(22(2)3)38(50)41-28(25(6)35(47)42-29(39(51)52)18-19-32(46)45(30)8)17-16-23(4)20-24(5)31(55-9)21-27-14-12-11-13-15-27/h10-17,20,22,24-26,28-29,31,33-34H,18-19,21H2,1-9H3,(H,41,50)(H,42,47)(H,43,48)(H,44,49)(H,51,52)(H,53,54)/b17-16+,23-20+,30-10?/t24-,25-,26-,28-,29+,31-,33-,34+/m0/s1. The SMILES string of the molecule is CC=C1C(=O)N[C@@H](C(=O)O)[C@H](C)C(=O)N[C@@H](C(C)C)C(=O)N[C@@H](/C=C/C(C)=C/[C@H](C)[C@H](Cc2ccccc2)OC)[C@H](C)C(=O)N[C@@H](C(=O)O)CCC(=O)N1C. The summed E-state index contributed by atoms with van der Waals surface area (Å²) in [6, 6.07) is 4.42. The number of nitrogens with zero attached hydrogens (tertiary/aromatic N) is 1. The lowest BCUT2D eigenvalue weighted by Crippen LogP contribution is -2.57. The van der Waals surface area contributed by atoms with Gasteiger partial charge in [0.05, 0.1) is 24.0 Å². The Balaban J connectivity index is 2.57. The minimum atomic E-state index is -1.75. The zero-order chi connectivity index (χ0) is 41.6. The normalized spacial score (nSPS) is 26.3. The Labute approximate surface area is 323 Å². The number of ether oxygens (including phenoxy) is 1. The molecule has 5 amide bonds. The summed E-state index contributed by atoms with van der Waals surface area (Å²) in [5, 5.41) is 30.1. The molecule has 1 aliphatic rings. The van der Waals surface area contributed by atoms with E-state index in [-0.39, 0.29) is 24.1 Å². The van der Waals surface area contributed by atoms with Crippen molar-refractivity contribution in [3.8, 4) is 0 Å². The van der Waals surface area contributed by atoms with Crippen LogP contribution in [0.15, 0.2) is 65.9 Å². The number of carboxylic acid groups (broad SMARTS) is 2. The highest BCUT2D eigenvalue weighted by atomic mass is 16.5. The average molecular weight is 768 g/mol. The van der Waals surface area contributed by atoms with Crippen molar-refractivity contribution in [1.82, 2.24) is 26.2 Å². The number of allylic oxidation sites excluding steroid dienone is 3. The number of hydrogen-bond donors (Lipinski definition) is 6. The van der Waals surface area contributed by atoms with Crippen molar-refractivity contribution in [3.63, 3.8) is 0 Å². The van der Waals surface area contributed by atoms with Crippen molar-refractivity contribution >= 4 is 41.5 Å². The van der Waals surface area contributed by atoms with Crippen LogP contribution < -0.4 is 21.3 Å². The van der Waals surface area contributed by atoms with E-state index in [4.69, 9.17) is 4.74 Å². The largest absolute Gasteiger partial charge is 0.480 e. The number of carbonyl (C=O) groups excluding carboxylic acids is 5. The highest BCUT2D eigenvalue weighted by Crippen LogP contribution is 2.19. The lowest BCUT2D eigenvalue weighted by atomic mass is 9.94. The van der Waals surface area contributed by atoms with Crippen LogP contribution in [0.25, 0.3) is 0 Å². The van der Waals surface area contributed by atoms with Gasteiger partial charge in [-0.05, 0) is 38.2 Å². The van der Waals surface area contributed by atoms with Crippen LogP contribution in [-0.2, 0) is 44.7 Å². The van der Waals surface area contributed by atoms with Crippen molar-refractivity contribution in [1.29, 1.82) is 0 Å². The third kappa shape index (κ3) is 13.5. The number of carboxylic acids is 2. The number of benzene rings is 1. The van der Waals surface area contributed by atoms with Crippen LogP contribution in [0.5, 0.6) is 0 Å². The molecule has 1 heterocycles. The van der Waals surface area contributed by atoms with E-state index in [1.807, 2.05) is 50.3 Å². The van der Waals surface area contributed by atoms with Gasteiger partial charge in [0.1, 0.15) is 23.8 Å². The topological polar surface area (TPSA) is 221 Å². The third-order valence-corrected chi connectivity index (χ3v) is 9.74. The average Bonchev–Trinajstić information content (AvgIpc) is 3.13. The van der Waals surface area contributed by atoms with Gasteiger partial charge in [0.15, 0.2) is 0 Å². The van der Waals surface area contributed by atoms with Crippen molar-refractivity contribution < 1.29 is 48.5 Å². The summed E-state index contributed by atoms with van der Waals surface area (Å²) >= 11 is 0. The lowest BCUT2D eigenvalue weighted by molar-refractivity contribution is -0.146. The van der Waals surface area contributed by atoms with Crippen LogP contribution in [0, 0.1) is 23.7 Å². The van der Waals surface area contributed by atoms with Crippen LogP contribution in [0.3, 0.4) is 0 Å². The third-order valence-electron chi connectivity index (χ3n) is 9.74. The summed E-state index contributed by atoms with van der Waals surface area (Å²) in [7, 11) is 2.91. The maximum Gasteiger partial charge on any atom is 0.327 e. The Morgan fingerprint density at radius 2 is 1.53 bits per heavy atom. The molecule has 2 rings (SSSR count). The van der Waals surface area contributed by atoms with E-state index >= 15 is 0 Å². The fourth-order valence-electron chi connectivity index (χ4n) is 6.11. The van der Waals surface area contributed by atoms with Crippen molar-refractivity contribution in [2.24, 2.45) is 23.7 Å². The predicted octanol–water partition coefficient (Wildman–Crippen LogP) is 2.58. The van der Waals surface area contributed by atoms with E-state index in [0.29, 0.717) is 6.42 Å². The van der Waals surface area contributed by atoms with Crippen LogP contribution in [-0.4, -0.2) is 101 Å². The van der Waals surface area contributed by atoms with Gasteiger partial charge in [-0.25, -0.2) is 9.59 Å². The number of rotatable bonds is 10. The molecule has 8 atom stereocenters. The van der Waals surface area contributed by atoms with Crippen molar-refractivity contribution in [2.75, 3.05) is 14.2 Å². The highest BCUT2D eigenvalue weighted by molar-refractivity contribution is 6.00. The first kappa shape index (κ1) is 45.8. The van der Waals surface area contributed by atoms with E-state index in [0.717, 1.165) is 16.0 Å². The molecule has 1 aromatic rings. The second-order valence-electron chi connectivity index (χ2n) is 14.3. The second-order valence-corrected chi connectivity index (χ2v) is 14.3. The van der Waals surface area contributed by atoms with E-state index in [1.54, 1.807) is 33.1 Å². The fourth-order valence-corrected chi connectivity index (χ4v) is 6.11. The van der Waals surface area contributed by atoms with Gasteiger partial charge in [-0.1, -0.05) is 94.8 Å².